The number of carbonyl (C=O) groups is 2. The van der Waals surface area contributed by atoms with Gasteiger partial charge in [-0.2, -0.15) is 4.73 Å². The summed E-state index contributed by atoms with van der Waals surface area (Å²) in [6.45, 7) is 3.62. The Morgan fingerprint density at radius 3 is 2.57 bits per heavy atom. The normalized spacial score (nSPS) is 10.4. The summed E-state index contributed by atoms with van der Waals surface area (Å²) >= 11 is 0. The number of hydrogen-bond acceptors (Lipinski definition) is 4. The van der Waals surface area contributed by atoms with Crippen LogP contribution in [0.1, 0.15) is 38.8 Å². The van der Waals surface area contributed by atoms with Gasteiger partial charge in [0.25, 0.3) is 11.5 Å². The van der Waals surface area contributed by atoms with Crippen LogP contribution in [0.4, 0.5) is 5.69 Å². The number of hydrogen-bond donors (Lipinski definition) is 1. The minimum atomic E-state index is -0.570. The molecule has 28 heavy (non-hydrogen) atoms. The maximum atomic E-state index is 12.6. The number of amides is 1. The van der Waals surface area contributed by atoms with Crippen molar-refractivity contribution in [3.63, 3.8) is 0 Å². The highest BCUT2D eigenvalue weighted by Gasteiger charge is 2.14. The van der Waals surface area contributed by atoms with E-state index in [0.29, 0.717) is 11.3 Å². The van der Waals surface area contributed by atoms with Gasteiger partial charge in [-0.3, -0.25) is 14.4 Å². The Balaban J connectivity index is 1.76. The van der Waals surface area contributed by atoms with Gasteiger partial charge in [-0.15, -0.1) is 0 Å². The molecule has 1 amide bonds. The molecule has 0 atom stereocenters. The molecule has 2 aromatic carbocycles. The fraction of sp³-hybridized carbons (Fsp3) is 0.136. The third-order valence-electron chi connectivity index (χ3n) is 4.14. The van der Waals surface area contributed by atoms with Crippen LogP contribution in [0.25, 0.3) is 0 Å². The van der Waals surface area contributed by atoms with E-state index >= 15 is 0 Å². The topological polar surface area (TPSA) is 77.4 Å². The molecule has 6 nitrogen and oxygen atoms in total. The van der Waals surface area contributed by atoms with E-state index in [1.165, 1.54) is 19.2 Å². The van der Waals surface area contributed by atoms with E-state index in [1.807, 2.05) is 31.2 Å². The standard InChI is InChI=1S/C22H20N2O4/c1-15-6-3-7-17(12-15)14-28-24-11-5-10-20(22(24)27)21(26)23-19-9-4-8-18(13-19)16(2)25/h3-13H,14H2,1-2H3,(H,23,26). The molecule has 1 aromatic heterocycles. The van der Waals surface area contributed by atoms with E-state index in [9.17, 15) is 14.4 Å². The molecule has 3 rings (SSSR count). The molecule has 0 saturated carbocycles. The van der Waals surface area contributed by atoms with Crippen molar-refractivity contribution in [3.8, 4) is 0 Å². The first-order chi connectivity index (χ1) is 13.4. The molecule has 0 bridgehead atoms. The smallest absolute Gasteiger partial charge is 0.295 e. The van der Waals surface area contributed by atoms with E-state index in [0.717, 1.165) is 15.9 Å². The SMILES string of the molecule is CC(=O)c1cccc(NC(=O)c2cccn(OCc3cccc(C)c3)c2=O)c1. The van der Waals surface area contributed by atoms with Gasteiger partial charge in [0.15, 0.2) is 5.78 Å². The van der Waals surface area contributed by atoms with Crippen molar-refractivity contribution in [2.24, 2.45) is 0 Å². The Labute approximate surface area is 162 Å². The van der Waals surface area contributed by atoms with Gasteiger partial charge in [0, 0.05) is 17.4 Å². The first-order valence-corrected chi connectivity index (χ1v) is 8.77. The number of pyridine rings is 1. The Morgan fingerprint density at radius 2 is 1.82 bits per heavy atom. The van der Waals surface area contributed by atoms with Crippen molar-refractivity contribution in [3.05, 3.63) is 99.5 Å². The van der Waals surface area contributed by atoms with Crippen molar-refractivity contribution >= 4 is 17.4 Å². The Morgan fingerprint density at radius 1 is 1.04 bits per heavy atom. The van der Waals surface area contributed by atoms with E-state index in [4.69, 9.17) is 4.84 Å². The molecule has 0 fully saturated rings. The van der Waals surface area contributed by atoms with Gasteiger partial charge in [0.2, 0.25) is 0 Å². The van der Waals surface area contributed by atoms with Crippen LogP contribution in [0.5, 0.6) is 0 Å². The monoisotopic (exact) mass is 376 g/mol. The van der Waals surface area contributed by atoms with E-state index < -0.39 is 11.5 Å². The van der Waals surface area contributed by atoms with E-state index in [2.05, 4.69) is 5.32 Å². The minimum Gasteiger partial charge on any atom is -0.406 e. The van der Waals surface area contributed by atoms with Crippen molar-refractivity contribution in [1.82, 2.24) is 4.73 Å². The average Bonchev–Trinajstić information content (AvgIpc) is 2.67. The molecule has 3 aromatic rings. The maximum Gasteiger partial charge on any atom is 0.295 e. The van der Waals surface area contributed by atoms with Crippen LogP contribution in [0.3, 0.4) is 0 Å². The van der Waals surface area contributed by atoms with Crippen molar-refractivity contribution in [1.29, 1.82) is 0 Å². The molecule has 0 radical (unpaired) electrons. The predicted molar refractivity (Wildman–Crippen MR) is 107 cm³/mol. The number of nitrogens with one attached hydrogen (secondary N) is 1. The number of rotatable bonds is 6. The number of aryl methyl sites for hydroxylation is 1. The van der Waals surface area contributed by atoms with Gasteiger partial charge in [-0.25, -0.2) is 0 Å². The number of anilines is 1. The molecule has 1 N–H and O–H groups in total. The summed E-state index contributed by atoms with van der Waals surface area (Å²) in [5.74, 6) is -0.679. The van der Waals surface area contributed by atoms with Crippen molar-refractivity contribution in [2.75, 3.05) is 5.32 Å². The summed E-state index contributed by atoms with van der Waals surface area (Å²) in [6, 6.07) is 17.3. The van der Waals surface area contributed by atoms with Gasteiger partial charge in [0.05, 0.1) is 0 Å². The minimum absolute atomic E-state index is 0.0556. The lowest BCUT2D eigenvalue weighted by Crippen LogP contribution is -2.32. The summed E-state index contributed by atoms with van der Waals surface area (Å²) < 4.78 is 1.04. The molecule has 0 aliphatic carbocycles. The molecule has 0 unspecified atom stereocenters. The Hall–Kier alpha value is -3.67. The molecular weight excluding hydrogens is 356 g/mol. The lowest BCUT2D eigenvalue weighted by Gasteiger charge is -2.11. The van der Waals surface area contributed by atoms with Gasteiger partial charge >= 0.3 is 0 Å². The summed E-state index contributed by atoms with van der Waals surface area (Å²) in [4.78, 5) is 42.1. The second kappa shape index (κ2) is 8.35. The van der Waals surface area contributed by atoms with E-state index in [-0.39, 0.29) is 18.0 Å². The largest absolute Gasteiger partial charge is 0.406 e. The quantitative estimate of drug-likeness (QED) is 0.670. The lowest BCUT2D eigenvalue weighted by atomic mass is 10.1. The highest BCUT2D eigenvalue weighted by molar-refractivity contribution is 6.04. The number of carbonyl (C=O) groups excluding carboxylic acids is 2. The fourth-order valence-corrected chi connectivity index (χ4v) is 2.71. The van der Waals surface area contributed by atoms with Gasteiger partial charge < -0.3 is 10.2 Å². The van der Waals surface area contributed by atoms with Crippen LogP contribution in [-0.4, -0.2) is 16.4 Å². The predicted octanol–water partition coefficient (Wildman–Crippen LogP) is 3.24. The summed E-state index contributed by atoms with van der Waals surface area (Å²) in [6.07, 6.45) is 1.46. The number of nitrogens with zero attached hydrogens (tertiary/aromatic N) is 1. The summed E-state index contributed by atoms with van der Waals surface area (Å²) in [5, 5.41) is 2.64. The molecule has 0 aliphatic heterocycles. The fourth-order valence-electron chi connectivity index (χ4n) is 2.71. The number of ketones is 1. The second-order valence-corrected chi connectivity index (χ2v) is 6.41. The highest BCUT2D eigenvalue weighted by Crippen LogP contribution is 2.12. The second-order valence-electron chi connectivity index (χ2n) is 6.41. The van der Waals surface area contributed by atoms with Crippen LogP contribution in [-0.2, 0) is 6.61 Å². The molecule has 1 heterocycles. The third-order valence-corrected chi connectivity index (χ3v) is 4.14. The Bertz CT molecular complexity index is 1090. The van der Waals surface area contributed by atoms with Gasteiger partial charge in [-0.05, 0) is 43.7 Å². The van der Waals surface area contributed by atoms with Crippen molar-refractivity contribution in [2.45, 2.75) is 20.5 Å². The van der Waals surface area contributed by atoms with Crippen LogP contribution in [0.15, 0.2) is 71.7 Å². The molecule has 0 aliphatic rings. The van der Waals surface area contributed by atoms with Crippen molar-refractivity contribution < 1.29 is 14.4 Å². The van der Waals surface area contributed by atoms with Gasteiger partial charge in [0.1, 0.15) is 12.2 Å². The number of aromatic nitrogens is 1. The zero-order valence-electron chi connectivity index (χ0n) is 15.6. The van der Waals surface area contributed by atoms with E-state index in [1.54, 1.807) is 30.3 Å². The first kappa shape index (κ1) is 19.1. The highest BCUT2D eigenvalue weighted by atomic mass is 16.7. The molecular formula is C22H20N2O4. The molecule has 6 heteroatoms. The van der Waals surface area contributed by atoms with Crippen LogP contribution in [0, 0.1) is 6.92 Å². The zero-order chi connectivity index (χ0) is 20.1. The summed E-state index contributed by atoms with van der Waals surface area (Å²) in [5.41, 5.74) is 2.31. The van der Waals surface area contributed by atoms with Crippen LogP contribution in [0.2, 0.25) is 0 Å². The summed E-state index contributed by atoms with van der Waals surface area (Å²) in [7, 11) is 0. The van der Waals surface area contributed by atoms with Gasteiger partial charge in [-0.1, -0.05) is 42.0 Å². The lowest BCUT2D eigenvalue weighted by molar-refractivity contribution is 0.0863. The number of benzene rings is 2. The van der Waals surface area contributed by atoms with Crippen LogP contribution >= 0.6 is 0 Å². The Kier molecular flexibility index (Phi) is 5.69. The average molecular weight is 376 g/mol. The third kappa shape index (κ3) is 4.54. The molecule has 0 saturated heterocycles. The first-order valence-electron chi connectivity index (χ1n) is 8.77. The van der Waals surface area contributed by atoms with Crippen LogP contribution < -0.4 is 15.7 Å². The molecule has 0 spiro atoms. The zero-order valence-corrected chi connectivity index (χ0v) is 15.6. The molecule has 142 valence electrons. The number of Topliss-reactive ketones (excluding diaryl/α,β-unsaturated/α-hetero) is 1. The maximum absolute atomic E-state index is 12.6.